The van der Waals surface area contributed by atoms with Crippen molar-refractivity contribution in [3.05, 3.63) is 30.3 Å². The fourth-order valence-electron chi connectivity index (χ4n) is 3.23. The van der Waals surface area contributed by atoms with Gasteiger partial charge in [0.15, 0.2) is 0 Å². The fraction of sp³-hybridized carbons (Fsp3) is 0.684. The van der Waals surface area contributed by atoms with Crippen LogP contribution in [0.5, 0.6) is 5.75 Å². The SMILES string of the molecule is CCCCCCCCCC1(Oc2ccccc2)CC(COS(=O)(=O)O)O1. The minimum atomic E-state index is -4.44. The Morgan fingerprint density at radius 1 is 1.12 bits per heavy atom. The third-order valence-corrected chi connectivity index (χ3v) is 4.97. The van der Waals surface area contributed by atoms with E-state index in [9.17, 15) is 8.42 Å². The first-order chi connectivity index (χ1) is 12.4. The van der Waals surface area contributed by atoms with Crippen LogP contribution in [0.4, 0.5) is 0 Å². The van der Waals surface area contributed by atoms with Gasteiger partial charge in [-0.05, 0) is 18.6 Å². The van der Waals surface area contributed by atoms with Crippen LogP contribution in [0, 0.1) is 0 Å². The largest absolute Gasteiger partial charge is 0.462 e. The van der Waals surface area contributed by atoms with Crippen LogP contribution in [0.25, 0.3) is 0 Å². The molecule has 1 N–H and O–H groups in total. The smallest absolute Gasteiger partial charge is 0.397 e. The van der Waals surface area contributed by atoms with Crippen molar-refractivity contribution in [3.8, 4) is 5.75 Å². The number of benzene rings is 1. The molecule has 0 radical (unpaired) electrons. The third-order valence-electron chi connectivity index (χ3n) is 4.53. The van der Waals surface area contributed by atoms with E-state index in [1.807, 2.05) is 30.3 Å². The van der Waals surface area contributed by atoms with Gasteiger partial charge in [-0.3, -0.25) is 4.55 Å². The Morgan fingerprint density at radius 3 is 2.35 bits per heavy atom. The monoisotopic (exact) mass is 386 g/mol. The van der Waals surface area contributed by atoms with Gasteiger partial charge in [0.05, 0.1) is 12.7 Å². The van der Waals surface area contributed by atoms with E-state index in [4.69, 9.17) is 14.0 Å². The summed E-state index contributed by atoms with van der Waals surface area (Å²) in [7, 11) is -4.44. The van der Waals surface area contributed by atoms with Crippen LogP contribution < -0.4 is 4.74 Å². The van der Waals surface area contributed by atoms with Crippen LogP contribution in [-0.4, -0.2) is 31.5 Å². The van der Waals surface area contributed by atoms with E-state index < -0.39 is 22.3 Å². The van der Waals surface area contributed by atoms with Gasteiger partial charge in [-0.2, -0.15) is 8.42 Å². The second kappa shape index (κ2) is 10.3. The van der Waals surface area contributed by atoms with Crippen LogP contribution in [-0.2, 0) is 19.3 Å². The van der Waals surface area contributed by atoms with Crippen LogP contribution in [0.1, 0.15) is 64.7 Å². The molecule has 1 aromatic carbocycles. The Hall–Kier alpha value is -1.15. The fourth-order valence-corrected chi connectivity index (χ4v) is 3.55. The Labute approximate surface area is 156 Å². The summed E-state index contributed by atoms with van der Waals surface area (Å²) in [6.45, 7) is 2.01. The maximum atomic E-state index is 10.7. The van der Waals surface area contributed by atoms with E-state index in [0.717, 1.165) is 25.0 Å². The highest BCUT2D eigenvalue weighted by molar-refractivity contribution is 7.80. The molecule has 0 bridgehead atoms. The van der Waals surface area contributed by atoms with E-state index in [0.29, 0.717) is 6.42 Å². The van der Waals surface area contributed by atoms with E-state index in [1.54, 1.807) is 0 Å². The van der Waals surface area contributed by atoms with Crippen LogP contribution in [0.3, 0.4) is 0 Å². The Kier molecular flexibility index (Phi) is 8.34. The lowest BCUT2D eigenvalue weighted by Gasteiger charge is -2.47. The third kappa shape index (κ3) is 7.61. The Balaban J connectivity index is 1.79. The van der Waals surface area contributed by atoms with Gasteiger partial charge in [0, 0.05) is 12.8 Å². The molecule has 1 aliphatic rings. The molecule has 2 unspecified atom stereocenters. The van der Waals surface area contributed by atoms with Gasteiger partial charge in [0.1, 0.15) is 5.75 Å². The molecule has 1 heterocycles. The highest BCUT2D eigenvalue weighted by Gasteiger charge is 2.48. The van der Waals surface area contributed by atoms with Crippen LogP contribution >= 0.6 is 0 Å². The number of hydrogen-bond donors (Lipinski definition) is 1. The summed E-state index contributed by atoms with van der Waals surface area (Å²) >= 11 is 0. The summed E-state index contributed by atoms with van der Waals surface area (Å²) in [5.41, 5.74) is 0. The molecule has 0 amide bonds. The van der Waals surface area contributed by atoms with Crippen molar-refractivity contribution in [2.45, 2.75) is 76.6 Å². The van der Waals surface area contributed by atoms with Crippen molar-refractivity contribution >= 4 is 10.4 Å². The van der Waals surface area contributed by atoms with Gasteiger partial charge >= 0.3 is 10.4 Å². The van der Waals surface area contributed by atoms with Gasteiger partial charge in [-0.1, -0.05) is 63.6 Å². The topological polar surface area (TPSA) is 82.1 Å². The molecule has 2 atom stereocenters. The molecule has 1 saturated heterocycles. The number of hydrogen-bond acceptors (Lipinski definition) is 5. The van der Waals surface area contributed by atoms with E-state index in [-0.39, 0.29) is 6.61 Å². The van der Waals surface area contributed by atoms with Gasteiger partial charge in [0.25, 0.3) is 0 Å². The highest BCUT2D eigenvalue weighted by Crippen LogP contribution is 2.39. The molecule has 0 aliphatic carbocycles. The molecule has 0 spiro atoms. The number of unbranched alkanes of at least 4 members (excludes halogenated alkanes) is 6. The van der Waals surface area contributed by atoms with Gasteiger partial charge in [-0.25, -0.2) is 4.18 Å². The molecule has 148 valence electrons. The van der Waals surface area contributed by atoms with Gasteiger partial charge in [0.2, 0.25) is 5.79 Å². The molecule has 1 aromatic rings. The maximum absolute atomic E-state index is 10.7. The first kappa shape index (κ1) is 21.2. The standard InChI is InChI=1S/C19H30O6S/c1-2-3-4-5-6-7-11-14-19(24-17-12-9-8-10-13-17)15-18(25-19)16-23-26(20,21)22/h8-10,12-13,18H,2-7,11,14-16H2,1H3,(H,20,21,22). The minimum absolute atomic E-state index is 0.199. The zero-order valence-corrected chi connectivity index (χ0v) is 16.2. The normalized spacial score (nSPS) is 22.8. The van der Waals surface area contributed by atoms with Crippen molar-refractivity contribution in [2.75, 3.05) is 6.61 Å². The lowest BCUT2D eigenvalue weighted by Crippen LogP contribution is -2.56. The van der Waals surface area contributed by atoms with Crippen LogP contribution in [0.2, 0.25) is 0 Å². The van der Waals surface area contributed by atoms with Crippen molar-refractivity contribution in [1.29, 1.82) is 0 Å². The van der Waals surface area contributed by atoms with E-state index in [2.05, 4.69) is 11.1 Å². The zero-order valence-electron chi connectivity index (χ0n) is 15.4. The Morgan fingerprint density at radius 2 is 1.73 bits per heavy atom. The average molecular weight is 387 g/mol. The van der Waals surface area contributed by atoms with E-state index >= 15 is 0 Å². The summed E-state index contributed by atoms with van der Waals surface area (Å²) < 4.78 is 46.4. The van der Waals surface area contributed by atoms with Crippen molar-refractivity contribution in [2.24, 2.45) is 0 Å². The molecular weight excluding hydrogens is 356 g/mol. The molecule has 7 heteroatoms. The van der Waals surface area contributed by atoms with Crippen molar-refractivity contribution < 1.29 is 26.6 Å². The minimum Gasteiger partial charge on any atom is -0.462 e. The quantitative estimate of drug-likeness (QED) is 0.397. The molecular formula is C19H30O6S. The predicted molar refractivity (Wildman–Crippen MR) is 99.4 cm³/mol. The lowest BCUT2D eigenvalue weighted by molar-refractivity contribution is -0.313. The molecule has 2 rings (SSSR count). The summed E-state index contributed by atoms with van der Waals surface area (Å²) in [4.78, 5) is 0. The second-order valence-electron chi connectivity index (χ2n) is 6.85. The summed E-state index contributed by atoms with van der Waals surface area (Å²) in [6.07, 6.45) is 9.28. The summed E-state index contributed by atoms with van der Waals surface area (Å²) in [5.74, 6) is -0.0116. The van der Waals surface area contributed by atoms with Crippen molar-refractivity contribution in [3.63, 3.8) is 0 Å². The van der Waals surface area contributed by atoms with Crippen molar-refractivity contribution in [1.82, 2.24) is 0 Å². The number of rotatable bonds is 13. The second-order valence-corrected chi connectivity index (χ2v) is 7.94. The molecule has 0 aromatic heterocycles. The van der Waals surface area contributed by atoms with Gasteiger partial charge in [-0.15, -0.1) is 0 Å². The first-order valence-electron chi connectivity index (χ1n) is 9.46. The molecule has 26 heavy (non-hydrogen) atoms. The number of para-hydroxylation sites is 1. The predicted octanol–water partition coefficient (Wildman–Crippen LogP) is 4.51. The van der Waals surface area contributed by atoms with E-state index in [1.165, 1.54) is 32.1 Å². The zero-order chi connectivity index (χ0) is 18.9. The van der Waals surface area contributed by atoms with Crippen LogP contribution in [0.15, 0.2) is 30.3 Å². The Bertz CT molecular complexity index is 610. The average Bonchev–Trinajstić information content (AvgIpc) is 2.57. The summed E-state index contributed by atoms with van der Waals surface area (Å²) in [6, 6.07) is 9.46. The molecule has 0 saturated carbocycles. The first-order valence-corrected chi connectivity index (χ1v) is 10.8. The molecule has 6 nitrogen and oxygen atoms in total. The highest BCUT2D eigenvalue weighted by atomic mass is 32.3. The number of ether oxygens (including phenoxy) is 2. The van der Waals surface area contributed by atoms with Gasteiger partial charge < -0.3 is 9.47 Å². The molecule has 1 aliphatic heterocycles. The lowest BCUT2D eigenvalue weighted by atomic mass is 9.94. The maximum Gasteiger partial charge on any atom is 0.397 e. The molecule has 1 fully saturated rings. The summed E-state index contributed by atoms with van der Waals surface area (Å²) in [5, 5.41) is 0.